The molecule has 0 atom stereocenters. The zero-order chi connectivity index (χ0) is 19.1. The van der Waals surface area contributed by atoms with Crippen LogP contribution in [0.25, 0.3) is 0 Å². The highest BCUT2D eigenvalue weighted by Gasteiger charge is 2.06. The van der Waals surface area contributed by atoms with Crippen molar-refractivity contribution in [1.29, 1.82) is 0 Å². The van der Waals surface area contributed by atoms with Gasteiger partial charge in [0.1, 0.15) is 11.6 Å². The van der Waals surface area contributed by atoms with Crippen molar-refractivity contribution in [3.8, 4) is 0 Å². The maximum Gasteiger partial charge on any atom is 0.192 e. The highest BCUT2D eigenvalue weighted by atomic mass is 127. The van der Waals surface area contributed by atoms with E-state index >= 15 is 0 Å². The van der Waals surface area contributed by atoms with E-state index in [9.17, 15) is 4.39 Å². The second kappa shape index (κ2) is 10.7. The monoisotopic (exact) mass is 494 g/mol. The van der Waals surface area contributed by atoms with E-state index in [0.29, 0.717) is 25.6 Å². The Kier molecular flexibility index (Phi) is 8.37. The van der Waals surface area contributed by atoms with Crippen LogP contribution in [-0.2, 0) is 26.7 Å². The first-order valence-electron chi connectivity index (χ1n) is 8.77. The molecule has 6 nitrogen and oxygen atoms in total. The molecule has 0 aliphatic heterocycles. The van der Waals surface area contributed by atoms with E-state index in [-0.39, 0.29) is 29.8 Å². The maximum atomic E-state index is 13.4. The van der Waals surface area contributed by atoms with Gasteiger partial charge in [0.15, 0.2) is 11.8 Å². The second-order valence-corrected chi connectivity index (χ2v) is 6.21. The molecule has 0 spiro atoms. The van der Waals surface area contributed by atoms with Crippen LogP contribution in [0.4, 0.5) is 4.39 Å². The summed E-state index contributed by atoms with van der Waals surface area (Å²) in [5.41, 5.74) is 1.96. The number of halogens is 2. The molecule has 0 radical (unpaired) electrons. The van der Waals surface area contributed by atoms with Crippen molar-refractivity contribution in [2.75, 3.05) is 0 Å². The van der Waals surface area contributed by atoms with Crippen LogP contribution >= 0.6 is 24.0 Å². The van der Waals surface area contributed by atoms with Crippen molar-refractivity contribution >= 4 is 29.9 Å². The number of benzene rings is 2. The maximum absolute atomic E-state index is 13.4. The van der Waals surface area contributed by atoms with E-state index in [1.807, 2.05) is 54.9 Å². The van der Waals surface area contributed by atoms with Crippen molar-refractivity contribution in [2.45, 2.75) is 26.6 Å². The highest BCUT2D eigenvalue weighted by molar-refractivity contribution is 14.0. The van der Waals surface area contributed by atoms with E-state index in [4.69, 9.17) is 0 Å². The van der Waals surface area contributed by atoms with Crippen molar-refractivity contribution in [2.24, 2.45) is 12.0 Å². The zero-order valence-corrected chi connectivity index (χ0v) is 18.2. The van der Waals surface area contributed by atoms with Crippen molar-refractivity contribution in [1.82, 2.24) is 25.4 Å². The quantitative estimate of drug-likeness (QED) is 0.314. The molecular formula is C20H24FIN6. The summed E-state index contributed by atoms with van der Waals surface area (Å²) in [6, 6.07) is 16.5. The van der Waals surface area contributed by atoms with Gasteiger partial charge in [-0.3, -0.25) is 0 Å². The van der Waals surface area contributed by atoms with Crippen LogP contribution in [0.15, 0.2) is 59.6 Å². The summed E-state index contributed by atoms with van der Waals surface area (Å²) < 4.78 is 15.3. The molecule has 3 aromatic rings. The molecule has 0 bridgehead atoms. The minimum Gasteiger partial charge on any atom is -0.352 e. The fourth-order valence-electron chi connectivity index (χ4n) is 2.53. The lowest BCUT2D eigenvalue weighted by molar-refractivity contribution is 0.625. The molecule has 0 unspecified atom stereocenters. The van der Waals surface area contributed by atoms with Gasteiger partial charge in [0.05, 0.1) is 13.1 Å². The third kappa shape index (κ3) is 6.29. The molecule has 0 aliphatic rings. The first kappa shape index (κ1) is 21.8. The number of aryl methyl sites for hydroxylation is 1. The van der Waals surface area contributed by atoms with E-state index < -0.39 is 0 Å². The molecule has 1 aromatic heterocycles. The van der Waals surface area contributed by atoms with Crippen molar-refractivity contribution in [3.63, 3.8) is 0 Å². The molecule has 0 aliphatic carbocycles. The second-order valence-electron chi connectivity index (χ2n) is 6.21. The number of nitrogens with zero attached hydrogens (tertiary/aromatic N) is 4. The lowest BCUT2D eigenvalue weighted by atomic mass is 10.2. The van der Waals surface area contributed by atoms with E-state index in [2.05, 4.69) is 25.8 Å². The van der Waals surface area contributed by atoms with Crippen LogP contribution in [-0.4, -0.2) is 20.7 Å². The summed E-state index contributed by atoms with van der Waals surface area (Å²) in [5.74, 6) is 2.03. The van der Waals surface area contributed by atoms with Gasteiger partial charge in [-0.25, -0.2) is 9.38 Å². The van der Waals surface area contributed by atoms with Gasteiger partial charge in [0.25, 0.3) is 0 Å². The van der Waals surface area contributed by atoms with Gasteiger partial charge in [-0.15, -0.1) is 34.2 Å². The molecule has 0 amide bonds. The van der Waals surface area contributed by atoms with Gasteiger partial charge in [-0.2, -0.15) is 0 Å². The number of aliphatic imine (C=N–C) groups is 1. The average Bonchev–Trinajstić information content (AvgIpc) is 3.00. The van der Waals surface area contributed by atoms with Gasteiger partial charge < -0.3 is 15.2 Å². The van der Waals surface area contributed by atoms with E-state index in [1.165, 1.54) is 12.1 Å². The van der Waals surface area contributed by atoms with E-state index in [0.717, 1.165) is 22.8 Å². The fourth-order valence-corrected chi connectivity index (χ4v) is 2.53. The smallest absolute Gasteiger partial charge is 0.192 e. The average molecular weight is 494 g/mol. The van der Waals surface area contributed by atoms with Crippen molar-refractivity contribution in [3.05, 3.63) is 83.2 Å². The predicted octanol–water partition coefficient (Wildman–Crippen LogP) is 3.32. The number of hydrogen-bond acceptors (Lipinski definition) is 3. The lowest BCUT2D eigenvalue weighted by Crippen LogP contribution is -2.37. The first-order valence-corrected chi connectivity index (χ1v) is 8.77. The van der Waals surface area contributed by atoms with Crippen LogP contribution in [0.3, 0.4) is 0 Å². The molecule has 1 heterocycles. The molecular weight excluding hydrogens is 470 g/mol. The van der Waals surface area contributed by atoms with Gasteiger partial charge in [0, 0.05) is 13.6 Å². The summed E-state index contributed by atoms with van der Waals surface area (Å²) in [4.78, 5) is 4.57. The Morgan fingerprint density at radius 2 is 1.71 bits per heavy atom. The number of rotatable bonds is 6. The molecule has 3 rings (SSSR count). The number of hydrogen-bond donors (Lipinski definition) is 2. The van der Waals surface area contributed by atoms with Gasteiger partial charge >= 0.3 is 0 Å². The summed E-state index contributed by atoms with van der Waals surface area (Å²) >= 11 is 0. The van der Waals surface area contributed by atoms with Crippen LogP contribution in [0.2, 0.25) is 0 Å². The third-order valence-corrected chi connectivity index (χ3v) is 4.21. The standard InChI is InChI=1S/C20H23FN6.HI/c1-15-25-26-19(27(15)2)14-24-20(22-12-16-7-4-3-5-8-16)23-13-17-9-6-10-18(21)11-17;/h3-11H,12-14H2,1-2H3,(H2,22,23,24);1H. The SMILES string of the molecule is Cc1nnc(CNC(=NCc2cccc(F)c2)NCc2ccccc2)n1C.I. The Bertz CT molecular complexity index is 910. The summed E-state index contributed by atoms with van der Waals surface area (Å²) in [6.07, 6.45) is 0. The Balaban J connectivity index is 0.00000280. The normalized spacial score (nSPS) is 11.0. The van der Waals surface area contributed by atoms with Gasteiger partial charge in [-0.05, 0) is 30.2 Å². The summed E-state index contributed by atoms with van der Waals surface area (Å²) in [6.45, 7) is 3.40. The van der Waals surface area contributed by atoms with Crippen LogP contribution < -0.4 is 10.6 Å². The van der Waals surface area contributed by atoms with Crippen LogP contribution in [0.1, 0.15) is 22.8 Å². The largest absolute Gasteiger partial charge is 0.352 e. The topological polar surface area (TPSA) is 67.1 Å². The third-order valence-electron chi connectivity index (χ3n) is 4.21. The fraction of sp³-hybridized carbons (Fsp3) is 0.250. The Hall–Kier alpha value is -2.49. The molecule has 2 N–H and O–H groups in total. The van der Waals surface area contributed by atoms with Gasteiger partial charge in [0.2, 0.25) is 0 Å². The Morgan fingerprint density at radius 1 is 1.00 bits per heavy atom. The Labute approximate surface area is 181 Å². The van der Waals surface area contributed by atoms with Crippen molar-refractivity contribution < 1.29 is 4.39 Å². The summed E-state index contributed by atoms with van der Waals surface area (Å²) in [5, 5.41) is 14.8. The zero-order valence-electron chi connectivity index (χ0n) is 15.9. The highest BCUT2D eigenvalue weighted by Crippen LogP contribution is 2.05. The van der Waals surface area contributed by atoms with Crippen LogP contribution in [0.5, 0.6) is 0 Å². The molecule has 0 saturated carbocycles. The molecule has 0 saturated heterocycles. The minimum atomic E-state index is -0.260. The van der Waals surface area contributed by atoms with E-state index in [1.54, 1.807) is 6.07 Å². The Morgan fingerprint density at radius 3 is 2.39 bits per heavy atom. The number of aromatic nitrogens is 3. The predicted molar refractivity (Wildman–Crippen MR) is 119 cm³/mol. The molecule has 28 heavy (non-hydrogen) atoms. The molecule has 0 fully saturated rings. The number of guanidine groups is 1. The lowest BCUT2D eigenvalue weighted by Gasteiger charge is -2.13. The molecule has 148 valence electrons. The van der Waals surface area contributed by atoms with Crippen LogP contribution in [0, 0.1) is 12.7 Å². The van der Waals surface area contributed by atoms with Gasteiger partial charge in [-0.1, -0.05) is 42.5 Å². The summed E-state index contributed by atoms with van der Waals surface area (Å²) in [7, 11) is 1.92. The number of nitrogens with one attached hydrogen (secondary N) is 2. The first-order chi connectivity index (χ1) is 13.1. The molecule has 2 aromatic carbocycles. The minimum absolute atomic E-state index is 0. The molecule has 8 heteroatoms.